The largest absolute Gasteiger partial charge is 0.490 e. The van der Waals surface area contributed by atoms with Gasteiger partial charge < -0.3 is 10.1 Å². The van der Waals surface area contributed by atoms with E-state index in [9.17, 15) is 0 Å². The van der Waals surface area contributed by atoms with Crippen molar-refractivity contribution >= 4 is 0 Å². The lowest BCUT2D eigenvalue weighted by atomic mass is 9.89. The lowest BCUT2D eigenvalue weighted by Crippen LogP contribution is -2.23. The van der Waals surface area contributed by atoms with E-state index in [2.05, 4.69) is 30.4 Å². The van der Waals surface area contributed by atoms with E-state index in [1.54, 1.807) is 0 Å². The van der Waals surface area contributed by atoms with E-state index in [0.29, 0.717) is 6.10 Å². The molecule has 2 aliphatic rings. The maximum atomic E-state index is 6.10. The summed E-state index contributed by atoms with van der Waals surface area (Å²) in [5, 5.41) is 3.37. The molecule has 0 radical (unpaired) electrons. The van der Waals surface area contributed by atoms with E-state index in [-0.39, 0.29) is 0 Å². The topological polar surface area (TPSA) is 21.3 Å². The quantitative estimate of drug-likeness (QED) is 0.843. The summed E-state index contributed by atoms with van der Waals surface area (Å²) in [6.07, 6.45) is 5.51. The van der Waals surface area contributed by atoms with E-state index in [1.807, 2.05) is 0 Å². The molecule has 2 nitrogen and oxygen atoms in total. The molecule has 1 fully saturated rings. The Labute approximate surface area is 103 Å². The van der Waals surface area contributed by atoms with Crippen molar-refractivity contribution in [2.75, 3.05) is 0 Å². The first-order valence-electron chi connectivity index (χ1n) is 6.80. The van der Waals surface area contributed by atoms with Gasteiger partial charge in [0.1, 0.15) is 5.75 Å². The van der Waals surface area contributed by atoms with Crippen LogP contribution in [-0.2, 0) is 13.1 Å². The third kappa shape index (κ3) is 2.47. The van der Waals surface area contributed by atoms with Crippen molar-refractivity contribution in [1.29, 1.82) is 0 Å². The zero-order valence-electron chi connectivity index (χ0n) is 10.5. The molecule has 1 N–H and O–H groups in total. The van der Waals surface area contributed by atoms with Crippen molar-refractivity contribution in [1.82, 2.24) is 5.32 Å². The maximum Gasteiger partial charge on any atom is 0.120 e. The second kappa shape index (κ2) is 4.69. The molecule has 0 bridgehead atoms. The highest BCUT2D eigenvalue weighted by atomic mass is 16.5. The number of hydrogen-bond acceptors (Lipinski definition) is 2. The average molecular weight is 231 g/mol. The smallest absolute Gasteiger partial charge is 0.120 e. The summed E-state index contributed by atoms with van der Waals surface area (Å²) in [5.41, 5.74) is 2.83. The van der Waals surface area contributed by atoms with Crippen molar-refractivity contribution in [2.24, 2.45) is 5.92 Å². The van der Waals surface area contributed by atoms with Crippen molar-refractivity contribution in [3.05, 3.63) is 29.3 Å². The Morgan fingerprint density at radius 3 is 2.65 bits per heavy atom. The molecular formula is C15H21NO. The van der Waals surface area contributed by atoms with Crippen LogP contribution in [0.3, 0.4) is 0 Å². The summed E-state index contributed by atoms with van der Waals surface area (Å²) >= 11 is 0. The highest BCUT2D eigenvalue weighted by molar-refractivity contribution is 5.37. The fraction of sp³-hybridized carbons (Fsp3) is 0.600. The molecule has 0 spiro atoms. The minimum atomic E-state index is 0.443. The van der Waals surface area contributed by atoms with Gasteiger partial charge in [-0.2, -0.15) is 0 Å². The summed E-state index contributed by atoms with van der Waals surface area (Å²) in [6, 6.07) is 6.55. The van der Waals surface area contributed by atoms with Gasteiger partial charge in [0.2, 0.25) is 0 Å². The number of benzene rings is 1. The molecule has 0 amide bonds. The first-order chi connectivity index (χ1) is 8.31. The van der Waals surface area contributed by atoms with Crippen molar-refractivity contribution in [3.8, 4) is 5.75 Å². The van der Waals surface area contributed by atoms with E-state index in [0.717, 1.165) is 24.8 Å². The molecule has 17 heavy (non-hydrogen) atoms. The van der Waals surface area contributed by atoms with Gasteiger partial charge in [-0.25, -0.2) is 0 Å². The predicted molar refractivity (Wildman–Crippen MR) is 69.0 cm³/mol. The molecule has 3 rings (SSSR count). The number of ether oxygens (including phenoxy) is 1. The fourth-order valence-corrected chi connectivity index (χ4v) is 2.88. The Kier molecular flexibility index (Phi) is 3.06. The Morgan fingerprint density at radius 2 is 1.82 bits per heavy atom. The van der Waals surface area contributed by atoms with E-state index < -0.39 is 0 Å². The molecule has 1 saturated carbocycles. The van der Waals surface area contributed by atoms with Crippen LogP contribution in [0.5, 0.6) is 5.75 Å². The zero-order valence-corrected chi connectivity index (χ0v) is 10.5. The molecule has 0 saturated heterocycles. The first kappa shape index (κ1) is 11.1. The van der Waals surface area contributed by atoms with Crippen LogP contribution in [0.1, 0.15) is 43.7 Å². The summed E-state index contributed by atoms with van der Waals surface area (Å²) < 4.78 is 6.10. The van der Waals surface area contributed by atoms with Gasteiger partial charge in [-0.3, -0.25) is 0 Å². The minimum absolute atomic E-state index is 0.443. The number of fused-ring (bicyclic) bond motifs is 1. The fourth-order valence-electron chi connectivity index (χ4n) is 2.88. The zero-order chi connectivity index (χ0) is 11.7. The summed E-state index contributed by atoms with van der Waals surface area (Å²) in [4.78, 5) is 0. The summed E-state index contributed by atoms with van der Waals surface area (Å²) in [6.45, 7) is 4.35. The molecule has 1 heterocycles. The molecular weight excluding hydrogens is 210 g/mol. The second-order valence-electron chi connectivity index (χ2n) is 5.53. The van der Waals surface area contributed by atoms with Crippen LogP contribution in [-0.4, -0.2) is 6.10 Å². The van der Waals surface area contributed by atoms with Crippen LogP contribution in [0.25, 0.3) is 0 Å². The highest BCUT2D eigenvalue weighted by Gasteiger charge is 2.20. The van der Waals surface area contributed by atoms with Crippen LogP contribution in [0, 0.1) is 5.92 Å². The van der Waals surface area contributed by atoms with Crippen LogP contribution in [0.4, 0.5) is 0 Å². The standard InChI is InChI=1S/C15H21NO/c1-11-2-5-14(6-3-11)17-15-7-4-12-9-16-10-13(12)8-15/h4,7-8,11,14,16H,2-3,5-6,9-10H2,1H3. The molecule has 0 unspecified atom stereocenters. The van der Waals surface area contributed by atoms with Gasteiger partial charge in [0.15, 0.2) is 0 Å². The van der Waals surface area contributed by atoms with Crippen molar-refractivity contribution in [3.63, 3.8) is 0 Å². The van der Waals surface area contributed by atoms with Gasteiger partial charge in [-0.1, -0.05) is 13.0 Å². The lowest BCUT2D eigenvalue weighted by Gasteiger charge is -2.27. The molecule has 0 aromatic heterocycles. The van der Waals surface area contributed by atoms with Gasteiger partial charge in [0.25, 0.3) is 0 Å². The molecule has 0 atom stereocenters. The number of hydrogen-bond donors (Lipinski definition) is 1. The third-order valence-electron chi connectivity index (χ3n) is 4.07. The Bertz CT molecular complexity index is 394. The summed E-state index contributed by atoms with van der Waals surface area (Å²) in [7, 11) is 0. The second-order valence-corrected chi connectivity index (χ2v) is 5.53. The molecule has 1 aromatic carbocycles. The Balaban J connectivity index is 1.65. The van der Waals surface area contributed by atoms with Crippen molar-refractivity contribution in [2.45, 2.75) is 51.8 Å². The predicted octanol–water partition coefficient (Wildman–Crippen LogP) is 3.25. The van der Waals surface area contributed by atoms with Gasteiger partial charge in [0, 0.05) is 13.1 Å². The molecule has 2 heteroatoms. The molecule has 1 aliphatic heterocycles. The van der Waals surface area contributed by atoms with Crippen LogP contribution in [0.2, 0.25) is 0 Å². The molecule has 92 valence electrons. The third-order valence-corrected chi connectivity index (χ3v) is 4.07. The average Bonchev–Trinajstić information content (AvgIpc) is 2.79. The normalized spacial score (nSPS) is 27.8. The van der Waals surface area contributed by atoms with Crippen LogP contribution >= 0.6 is 0 Å². The van der Waals surface area contributed by atoms with Crippen LogP contribution < -0.4 is 10.1 Å². The minimum Gasteiger partial charge on any atom is -0.490 e. The number of nitrogens with one attached hydrogen (secondary N) is 1. The first-order valence-corrected chi connectivity index (χ1v) is 6.80. The van der Waals surface area contributed by atoms with Gasteiger partial charge in [-0.15, -0.1) is 0 Å². The maximum absolute atomic E-state index is 6.10. The van der Waals surface area contributed by atoms with Gasteiger partial charge >= 0.3 is 0 Å². The molecule has 1 aliphatic carbocycles. The number of rotatable bonds is 2. The SMILES string of the molecule is CC1CCC(Oc2ccc3c(c2)CNC3)CC1. The molecule has 1 aromatic rings. The van der Waals surface area contributed by atoms with Crippen LogP contribution in [0.15, 0.2) is 18.2 Å². The lowest BCUT2D eigenvalue weighted by molar-refractivity contribution is 0.135. The van der Waals surface area contributed by atoms with Gasteiger partial charge in [0.05, 0.1) is 6.10 Å². The van der Waals surface area contributed by atoms with Gasteiger partial charge in [-0.05, 0) is 54.9 Å². The Morgan fingerprint density at radius 1 is 1.06 bits per heavy atom. The monoisotopic (exact) mass is 231 g/mol. The Hall–Kier alpha value is -1.02. The van der Waals surface area contributed by atoms with Crippen molar-refractivity contribution < 1.29 is 4.74 Å². The van der Waals surface area contributed by atoms with E-state index in [4.69, 9.17) is 4.74 Å². The van der Waals surface area contributed by atoms with E-state index >= 15 is 0 Å². The highest BCUT2D eigenvalue weighted by Crippen LogP contribution is 2.28. The van der Waals surface area contributed by atoms with E-state index in [1.165, 1.54) is 36.8 Å². The summed E-state index contributed by atoms with van der Waals surface area (Å²) in [5.74, 6) is 1.95.